The molecule has 0 fully saturated rings. The van der Waals surface area contributed by atoms with Gasteiger partial charge < -0.3 is 23.8 Å². The Labute approximate surface area is 199 Å². The molecule has 0 N–H and O–H groups in total. The van der Waals surface area contributed by atoms with Crippen molar-refractivity contribution < 1.29 is 18.9 Å². The number of aryl methyl sites for hydroxylation is 1. The van der Waals surface area contributed by atoms with E-state index in [2.05, 4.69) is 36.2 Å². The molecule has 0 aromatic heterocycles. The normalized spacial score (nSPS) is 15.0. The van der Waals surface area contributed by atoms with Crippen molar-refractivity contribution in [1.29, 1.82) is 0 Å². The highest BCUT2D eigenvalue weighted by atomic mass is 35.5. The summed E-state index contributed by atoms with van der Waals surface area (Å²) < 4.78 is 21.7. The van der Waals surface area contributed by atoms with Crippen molar-refractivity contribution >= 4 is 12.4 Å². The van der Waals surface area contributed by atoms with Gasteiger partial charge in [0.2, 0.25) is 0 Å². The quantitative estimate of drug-likeness (QED) is 0.458. The summed E-state index contributed by atoms with van der Waals surface area (Å²) in [6.45, 7) is 2.17. The van der Waals surface area contributed by atoms with Crippen LogP contribution in [-0.4, -0.2) is 53.5 Å². The van der Waals surface area contributed by atoms with E-state index >= 15 is 0 Å². The third-order valence-electron chi connectivity index (χ3n) is 6.42. The highest BCUT2D eigenvalue weighted by Crippen LogP contribution is 2.36. The molecule has 1 aliphatic carbocycles. The summed E-state index contributed by atoms with van der Waals surface area (Å²) >= 11 is 0. The van der Waals surface area contributed by atoms with Crippen molar-refractivity contribution in [3.63, 3.8) is 0 Å². The maximum atomic E-state index is 5.49. The molecule has 1 unspecified atom stereocenters. The predicted molar refractivity (Wildman–Crippen MR) is 132 cm³/mol. The smallest absolute Gasteiger partial charge is 0.161 e. The summed E-state index contributed by atoms with van der Waals surface area (Å²) in [5.41, 5.74) is 4.12. The van der Waals surface area contributed by atoms with Gasteiger partial charge >= 0.3 is 0 Å². The van der Waals surface area contributed by atoms with E-state index in [9.17, 15) is 0 Å². The van der Waals surface area contributed by atoms with Gasteiger partial charge in [-0.1, -0.05) is 6.07 Å². The largest absolute Gasteiger partial charge is 0.493 e. The minimum Gasteiger partial charge on any atom is -0.493 e. The summed E-state index contributed by atoms with van der Waals surface area (Å²) in [5.74, 6) is 4.02. The van der Waals surface area contributed by atoms with Gasteiger partial charge in [0.05, 0.1) is 28.4 Å². The fourth-order valence-corrected chi connectivity index (χ4v) is 4.52. The lowest BCUT2D eigenvalue weighted by Gasteiger charge is -2.26. The molecule has 0 radical (unpaired) electrons. The molecule has 6 heteroatoms. The number of ether oxygens (including phenoxy) is 4. The van der Waals surface area contributed by atoms with E-state index < -0.39 is 0 Å². The molecule has 0 amide bonds. The highest BCUT2D eigenvalue weighted by molar-refractivity contribution is 5.85. The number of halogens is 1. The molecule has 0 heterocycles. The number of hydrogen-bond donors (Lipinski definition) is 0. The lowest BCUT2D eigenvalue weighted by molar-refractivity contribution is 0.307. The zero-order valence-corrected chi connectivity index (χ0v) is 20.9. The number of nitrogens with zero attached hydrogens (tertiary/aromatic N) is 1. The van der Waals surface area contributed by atoms with E-state index in [0.717, 1.165) is 61.3 Å². The summed E-state index contributed by atoms with van der Waals surface area (Å²) in [5, 5.41) is 0. The summed E-state index contributed by atoms with van der Waals surface area (Å²) in [6.07, 6.45) is 7.05. The third kappa shape index (κ3) is 6.69. The molecule has 0 saturated heterocycles. The second-order valence-electron chi connectivity index (χ2n) is 8.47. The van der Waals surface area contributed by atoms with Crippen molar-refractivity contribution in [2.24, 2.45) is 5.92 Å². The molecule has 32 heavy (non-hydrogen) atoms. The Hall–Kier alpha value is -2.11. The number of rotatable bonds is 11. The maximum absolute atomic E-state index is 5.49. The molecule has 0 spiro atoms. The summed E-state index contributed by atoms with van der Waals surface area (Å²) in [4.78, 5) is 2.43. The fourth-order valence-electron chi connectivity index (χ4n) is 4.52. The van der Waals surface area contributed by atoms with Gasteiger partial charge in [0, 0.05) is 6.54 Å². The van der Waals surface area contributed by atoms with E-state index in [-0.39, 0.29) is 12.4 Å². The van der Waals surface area contributed by atoms with Crippen LogP contribution < -0.4 is 18.9 Å². The van der Waals surface area contributed by atoms with Crippen molar-refractivity contribution in [2.45, 2.75) is 38.5 Å². The molecule has 0 bridgehead atoms. The van der Waals surface area contributed by atoms with E-state index in [0.29, 0.717) is 0 Å². The molecule has 3 rings (SSSR count). The number of benzene rings is 2. The van der Waals surface area contributed by atoms with Gasteiger partial charge in [-0.05, 0) is 99.0 Å². The molecule has 2 aromatic rings. The van der Waals surface area contributed by atoms with Crippen LogP contribution in [0.5, 0.6) is 23.0 Å². The topological polar surface area (TPSA) is 40.2 Å². The van der Waals surface area contributed by atoms with Crippen molar-refractivity contribution in [2.75, 3.05) is 48.6 Å². The molecule has 2 aromatic carbocycles. The first-order valence-electron chi connectivity index (χ1n) is 11.2. The Kier molecular flexibility index (Phi) is 10.5. The molecule has 5 nitrogen and oxygen atoms in total. The Bertz CT molecular complexity index is 858. The second kappa shape index (κ2) is 12.8. The molecular weight excluding hydrogens is 426 g/mol. The first-order valence-corrected chi connectivity index (χ1v) is 11.2. The molecule has 1 aliphatic rings. The Morgan fingerprint density at radius 2 is 1.44 bits per heavy atom. The molecular formula is C26H38ClNO4. The first-order chi connectivity index (χ1) is 15.1. The van der Waals surface area contributed by atoms with Gasteiger partial charge in [-0.2, -0.15) is 0 Å². The van der Waals surface area contributed by atoms with Gasteiger partial charge in [0.15, 0.2) is 23.0 Å². The van der Waals surface area contributed by atoms with Crippen LogP contribution in [0.2, 0.25) is 0 Å². The van der Waals surface area contributed by atoms with E-state index in [1.807, 2.05) is 6.07 Å². The van der Waals surface area contributed by atoms with Crippen LogP contribution in [0.3, 0.4) is 0 Å². The summed E-state index contributed by atoms with van der Waals surface area (Å²) in [6, 6.07) is 10.5. The third-order valence-corrected chi connectivity index (χ3v) is 6.42. The fraction of sp³-hybridized carbons (Fsp3) is 0.538. The summed E-state index contributed by atoms with van der Waals surface area (Å²) in [7, 11) is 8.99. The average molecular weight is 464 g/mol. The lowest BCUT2D eigenvalue weighted by atomic mass is 9.81. The standard InChI is InChI=1S/C26H37NO4.ClH/c1-27(14-12-20-9-11-23(28-2)24(16-20)29-3)13-6-7-19-8-10-21-17-25(30-4)26(31-5)18-22(21)15-19;/h9,11,16-19H,6-8,10,12-15H2,1-5H3;1H. The van der Waals surface area contributed by atoms with Crippen molar-refractivity contribution in [3.05, 3.63) is 47.0 Å². The van der Waals surface area contributed by atoms with Gasteiger partial charge in [-0.25, -0.2) is 0 Å². The molecule has 1 atom stereocenters. The zero-order valence-electron chi connectivity index (χ0n) is 20.1. The minimum absolute atomic E-state index is 0. The second-order valence-corrected chi connectivity index (χ2v) is 8.47. The lowest BCUT2D eigenvalue weighted by Crippen LogP contribution is -2.23. The highest BCUT2D eigenvalue weighted by Gasteiger charge is 2.21. The van der Waals surface area contributed by atoms with Crippen LogP contribution >= 0.6 is 12.4 Å². The first kappa shape index (κ1) is 26.1. The van der Waals surface area contributed by atoms with Crippen LogP contribution in [0.1, 0.15) is 36.0 Å². The van der Waals surface area contributed by atoms with Gasteiger partial charge in [0.25, 0.3) is 0 Å². The predicted octanol–water partition coefficient (Wildman–Crippen LogP) is 5.20. The van der Waals surface area contributed by atoms with E-state index in [1.54, 1.807) is 28.4 Å². The maximum Gasteiger partial charge on any atom is 0.161 e. The Morgan fingerprint density at radius 3 is 2.09 bits per heavy atom. The minimum atomic E-state index is 0. The van der Waals surface area contributed by atoms with Crippen LogP contribution in [0.25, 0.3) is 0 Å². The molecule has 178 valence electrons. The average Bonchev–Trinajstić information content (AvgIpc) is 2.81. The number of hydrogen-bond acceptors (Lipinski definition) is 5. The zero-order chi connectivity index (χ0) is 22.2. The number of fused-ring (bicyclic) bond motifs is 1. The number of likely N-dealkylation sites (N-methyl/N-ethyl adjacent to an activating group) is 1. The van der Waals surface area contributed by atoms with Crippen molar-refractivity contribution in [1.82, 2.24) is 4.90 Å². The van der Waals surface area contributed by atoms with Crippen molar-refractivity contribution in [3.8, 4) is 23.0 Å². The monoisotopic (exact) mass is 463 g/mol. The van der Waals surface area contributed by atoms with Crippen LogP contribution in [0.4, 0.5) is 0 Å². The van der Waals surface area contributed by atoms with Crippen LogP contribution in [0, 0.1) is 5.92 Å². The van der Waals surface area contributed by atoms with Gasteiger partial charge in [0.1, 0.15) is 0 Å². The van der Waals surface area contributed by atoms with E-state index in [4.69, 9.17) is 18.9 Å². The molecule has 0 saturated carbocycles. The Morgan fingerprint density at radius 1 is 0.812 bits per heavy atom. The van der Waals surface area contributed by atoms with Crippen LogP contribution in [0.15, 0.2) is 30.3 Å². The number of methoxy groups -OCH3 is 4. The Balaban J connectivity index is 0.00000363. The van der Waals surface area contributed by atoms with Gasteiger partial charge in [-0.3, -0.25) is 0 Å². The van der Waals surface area contributed by atoms with Gasteiger partial charge in [-0.15, -0.1) is 12.4 Å². The molecule has 0 aliphatic heterocycles. The van der Waals surface area contributed by atoms with E-state index in [1.165, 1.54) is 36.0 Å². The van der Waals surface area contributed by atoms with Crippen LogP contribution in [-0.2, 0) is 19.3 Å². The SMILES string of the molecule is COc1ccc(CCN(C)CCCC2CCc3cc(OC)c(OC)cc3C2)cc1OC.Cl.